The Balaban J connectivity index is 1.50. The Morgan fingerprint density at radius 3 is 2.62 bits per heavy atom. The molecule has 2 saturated heterocycles. The summed E-state index contributed by atoms with van der Waals surface area (Å²) in [6.07, 6.45) is 3.92. The van der Waals surface area contributed by atoms with Crippen LogP contribution >= 0.6 is 0 Å². The summed E-state index contributed by atoms with van der Waals surface area (Å²) in [6.45, 7) is 7.66. The fourth-order valence-corrected chi connectivity index (χ4v) is 3.67. The lowest BCUT2D eigenvalue weighted by Gasteiger charge is -2.36. The van der Waals surface area contributed by atoms with E-state index in [-0.39, 0.29) is 24.0 Å². The zero-order chi connectivity index (χ0) is 18.5. The van der Waals surface area contributed by atoms with Crippen LogP contribution in [0.3, 0.4) is 0 Å². The molecule has 3 heterocycles. The van der Waals surface area contributed by atoms with Gasteiger partial charge in [0.25, 0.3) is 0 Å². The van der Waals surface area contributed by atoms with Gasteiger partial charge in [-0.3, -0.25) is 4.79 Å². The van der Waals surface area contributed by atoms with Crippen LogP contribution in [-0.2, 0) is 20.8 Å². The maximum atomic E-state index is 12.3. The van der Waals surface area contributed by atoms with E-state index in [2.05, 4.69) is 29.0 Å². The SMILES string of the molecule is CC1CN(c2ccc(CNC(=O)C(N)C3CCOCC3)cn2)CC(C)O1. The van der Waals surface area contributed by atoms with E-state index in [1.165, 1.54) is 0 Å². The Morgan fingerprint density at radius 1 is 1.31 bits per heavy atom. The van der Waals surface area contributed by atoms with Crippen molar-refractivity contribution in [3.63, 3.8) is 0 Å². The molecule has 2 fully saturated rings. The smallest absolute Gasteiger partial charge is 0.237 e. The Morgan fingerprint density at radius 2 is 2.00 bits per heavy atom. The van der Waals surface area contributed by atoms with Crippen molar-refractivity contribution in [3.8, 4) is 0 Å². The lowest BCUT2D eigenvalue weighted by molar-refractivity contribution is -0.124. The fourth-order valence-electron chi connectivity index (χ4n) is 3.67. The minimum absolute atomic E-state index is 0.100. The number of rotatable bonds is 5. The zero-order valence-corrected chi connectivity index (χ0v) is 15.7. The first-order valence-electron chi connectivity index (χ1n) is 9.49. The summed E-state index contributed by atoms with van der Waals surface area (Å²) in [6, 6.07) is 3.54. The van der Waals surface area contributed by atoms with Crippen LogP contribution in [0.1, 0.15) is 32.3 Å². The number of nitrogens with zero attached hydrogens (tertiary/aromatic N) is 2. The molecule has 0 bridgehead atoms. The number of aromatic nitrogens is 1. The molecule has 7 heteroatoms. The molecule has 3 atom stereocenters. The highest BCUT2D eigenvalue weighted by Crippen LogP contribution is 2.19. The van der Waals surface area contributed by atoms with Crippen LogP contribution in [0.15, 0.2) is 18.3 Å². The molecule has 1 aromatic rings. The fraction of sp³-hybridized carbons (Fsp3) is 0.684. The highest BCUT2D eigenvalue weighted by atomic mass is 16.5. The molecule has 2 aliphatic heterocycles. The van der Waals surface area contributed by atoms with Gasteiger partial charge in [-0.15, -0.1) is 0 Å². The number of hydrogen-bond donors (Lipinski definition) is 2. The number of amides is 1. The third-order valence-corrected chi connectivity index (χ3v) is 5.10. The topological polar surface area (TPSA) is 89.7 Å². The van der Waals surface area contributed by atoms with Crippen molar-refractivity contribution in [1.29, 1.82) is 0 Å². The van der Waals surface area contributed by atoms with Gasteiger partial charge in [-0.1, -0.05) is 6.07 Å². The average molecular weight is 362 g/mol. The van der Waals surface area contributed by atoms with Gasteiger partial charge in [-0.25, -0.2) is 4.98 Å². The van der Waals surface area contributed by atoms with Crippen molar-refractivity contribution in [2.45, 2.75) is 51.5 Å². The Labute approximate surface area is 155 Å². The molecule has 26 heavy (non-hydrogen) atoms. The maximum absolute atomic E-state index is 12.3. The number of pyridine rings is 1. The largest absolute Gasteiger partial charge is 0.381 e. The van der Waals surface area contributed by atoms with Gasteiger partial charge >= 0.3 is 0 Å². The van der Waals surface area contributed by atoms with Crippen LogP contribution in [0.4, 0.5) is 5.82 Å². The zero-order valence-electron chi connectivity index (χ0n) is 15.7. The molecule has 0 aromatic carbocycles. The molecule has 1 aromatic heterocycles. The second-order valence-electron chi connectivity index (χ2n) is 7.38. The van der Waals surface area contributed by atoms with Crippen LogP contribution in [-0.4, -0.2) is 55.4 Å². The van der Waals surface area contributed by atoms with E-state index >= 15 is 0 Å². The minimum Gasteiger partial charge on any atom is -0.381 e. The third kappa shape index (κ3) is 4.93. The first-order valence-corrected chi connectivity index (χ1v) is 9.49. The van der Waals surface area contributed by atoms with Crippen molar-refractivity contribution in [2.75, 3.05) is 31.2 Å². The molecule has 0 radical (unpaired) electrons. The van der Waals surface area contributed by atoms with Gasteiger partial charge in [-0.2, -0.15) is 0 Å². The monoisotopic (exact) mass is 362 g/mol. The van der Waals surface area contributed by atoms with E-state index in [1.54, 1.807) is 0 Å². The first kappa shape index (κ1) is 19.1. The maximum Gasteiger partial charge on any atom is 0.237 e. The molecule has 0 spiro atoms. The summed E-state index contributed by atoms with van der Waals surface area (Å²) in [5.41, 5.74) is 7.07. The number of hydrogen-bond acceptors (Lipinski definition) is 6. The van der Waals surface area contributed by atoms with Gasteiger partial charge in [0.1, 0.15) is 5.82 Å². The number of anilines is 1. The van der Waals surface area contributed by atoms with E-state index < -0.39 is 6.04 Å². The predicted octanol–water partition coefficient (Wildman–Crippen LogP) is 1.07. The van der Waals surface area contributed by atoms with Gasteiger partial charge in [0.15, 0.2) is 0 Å². The second-order valence-corrected chi connectivity index (χ2v) is 7.38. The normalized spacial score (nSPS) is 25.7. The van der Waals surface area contributed by atoms with Gasteiger partial charge in [-0.05, 0) is 44.2 Å². The van der Waals surface area contributed by atoms with E-state index in [4.69, 9.17) is 15.2 Å². The molecule has 1 amide bonds. The van der Waals surface area contributed by atoms with E-state index in [1.807, 2.05) is 18.3 Å². The first-order chi connectivity index (χ1) is 12.5. The van der Waals surface area contributed by atoms with Gasteiger partial charge in [0.2, 0.25) is 5.91 Å². The molecule has 3 rings (SSSR count). The summed E-state index contributed by atoms with van der Waals surface area (Å²) in [7, 11) is 0. The Kier molecular flexibility index (Phi) is 6.45. The van der Waals surface area contributed by atoms with Crippen molar-refractivity contribution in [3.05, 3.63) is 23.9 Å². The van der Waals surface area contributed by atoms with Crippen molar-refractivity contribution in [2.24, 2.45) is 11.7 Å². The quantitative estimate of drug-likeness (QED) is 0.814. The van der Waals surface area contributed by atoms with Crippen LogP contribution in [0.25, 0.3) is 0 Å². The third-order valence-electron chi connectivity index (χ3n) is 5.10. The van der Waals surface area contributed by atoms with Gasteiger partial charge in [0, 0.05) is 39.0 Å². The van der Waals surface area contributed by atoms with Crippen LogP contribution in [0.2, 0.25) is 0 Å². The lowest BCUT2D eigenvalue weighted by Crippen LogP contribution is -2.46. The lowest BCUT2D eigenvalue weighted by atomic mass is 9.92. The summed E-state index contributed by atoms with van der Waals surface area (Å²) in [5, 5.41) is 2.93. The number of carbonyl (C=O) groups excluding carboxylic acids is 1. The molecule has 3 N–H and O–H groups in total. The molecule has 0 aliphatic carbocycles. The standard InChI is InChI=1S/C19H30N4O3/c1-13-11-23(12-14(2)26-13)17-4-3-15(9-21-17)10-22-19(24)18(20)16-5-7-25-8-6-16/h3-4,9,13-14,16,18H,5-8,10-12,20H2,1-2H3,(H,22,24). The van der Waals surface area contributed by atoms with Crippen molar-refractivity contribution < 1.29 is 14.3 Å². The van der Waals surface area contributed by atoms with E-state index in [9.17, 15) is 4.79 Å². The molecular formula is C19H30N4O3. The summed E-state index contributed by atoms with van der Waals surface area (Å²) >= 11 is 0. The van der Waals surface area contributed by atoms with Crippen molar-refractivity contribution in [1.82, 2.24) is 10.3 Å². The molecule has 7 nitrogen and oxygen atoms in total. The number of nitrogens with one attached hydrogen (secondary N) is 1. The molecule has 3 unspecified atom stereocenters. The van der Waals surface area contributed by atoms with E-state index in [0.717, 1.165) is 37.3 Å². The molecular weight excluding hydrogens is 332 g/mol. The van der Waals surface area contributed by atoms with Gasteiger partial charge < -0.3 is 25.4 Å². The summed E-state index contributed by atoms with van der Waals surface area (Å²) < 4.78 is 11.1. The summed E-state index contributed by atoms with van der Waals surface area (Å²) in [4.78, 5) is 19.1. The minimum atomic E-state index is -0.470. The molecule has 144 valence electrons. The number of carbonyl (C=O) groups is 1. The summed E-state index contributed by atoms with van der Waals surface area (Å²) in [5.74, 6) is 1.05. The Hall–Kier alpha value is -1.70. The van der Waals surface area contributed by atoms with Crippen LogP contribution in [0, 0.1) is 5.92 Å². The second kappa shape index (κ2) is 8.79. The number of ether oxygens (including phenoxy) is 2. The predicted molar refractivity (Wildman–Crippen MR) is 99.8 cm³/mol. The van der Waals surface area contributed by atoms with Gasteiger partial charge in [0.05, 0.1) is 18.2 Å². The van der Waals surface area contributed by atoms with Crippen molar-refractivity contribution >= 4 is 11.7 Å². The molecule has 0 saturated carbocycles. The number of nitrogens with two attached hydrogens (primary N) is 1. The van der Waals surface area contributed by atoms with Crippen LogP contribution < -0.4 is 16.0 Å². The number of morpholine rings is 1. The van der Waals surface area contributed by atoms with E-state index in [0.29, 0.717) is 19.8 Å². The Bertz CT molecular complexity index is 579. The highest BCUT2D eigenvalue weighted by molar-refractivity contribution is 5.81. The molecule has 2 aliphatic rings. The van der Waals surface area contributed by atoms with Crippen LogP contribution in [0.5, 0.6) is 0 Å². The average Bonchev–Trinajstić information content (AvgIpc) is 2.66. The highest BCUT2D eigenvalue weighted by Gasteiger charge is 2.26.